The molecule has 1 aromatic heterocycles. The molecule has 0 radical (unpaired) electrons. The molecule has 0 aromatic carbocycles. The summed E-state index contributed by atoms with van der Waals surface area (Å²) >= 11 is 0. The van der Waals surface area contributed by atoms with Gasteiger partial charge in [0.2, 0.25) is 11.8 Å². The molecule has 156 valence electrons. The first-order valence-electron chi connectivity index (χ1n) is 10.7. The molecule has 1 N–H and O–H groups in total. The second-order valence-corrected chi connectivity index (χ2v) is 10.6. The molecule has 7 nitrogen and oxygen atoms in total. The van der Waals surface area contributed by atoms with Gasteiger partial charge in [-0.15, -0.1) is 10.2 Å². The molecule has 3 aliphatic rings. The number of hydrogen-bond donors (Lipinski definition) is 1. The first-order valence-corrected chi connectivity index (χ1v) is 10.7. The molecule has 7 heteroatoms. The lowest BCUT2D eigenvalue weighted by Crippen LogP contribution is -2.37. The largest absolute Gasteiger partial charge is 0.381 e. The van der Waals surface area contributed by atoms with Gasteiger partial charge in [-0.05, 0) is 50.4 Å². The third-order valence-corrected chi connectivity index (χ3v) is 6.49. The van der Waals surface area contributed by atoms with E-state index in [2.05, 4.69) is 45.8 Å². The Hall–Kier alpha value is -1.63. The van der Waals surface area contributed by atoms with Gasteiger partial charge >= 0.3 is 0 Å². The zero-order chi connectivity index (χ0) is 20.1. The summed E-state index contributed by atoms with van der Waals surface area (Å²) in [6, 6.07) is 0.541. The average Bonchev–Trinajstić information content (AvgIpc) is 3.25. The number of rotatable bonds is 5. The topological polar surface area (TPSA) is 72.3 Å². The minimum absolute atomic E-state index is 0.0709. The molecule has 3 unspecified atom stereocenters. The van der Waals surface area contributed by atoms with Gasteiger partial charge in [-0.1, -0.05) is 20.8 Å². The maximum atomic E-state index is 12.8. The standard InChI is InChI=1S/C21H35N5O2/c1-14(2)22-18(27)17-23-24-19(25(17)10-15-6-7-28-11-15)26-13-21(5)9-16(26)8-20(3,4)12-21/h14-16H,6-13H2,1-5H3,(H,22,27). The molecule has 1 saturated carbocycles. The highest BCUT2D eigenvalue weighted by molar-refractivity contribution is 5.91. The van der Waals surface area contributed by atoms with Crippen molar-refractivity contribution in [3.05, 3.63) is 5.82 Å². The van der Waals surface area contributed by atoms with Crippen LogP contribution in [0.5, 0.6) is 0 Å². The average molecular weight is 390 g/mol. The van der Waals surface area contributed by atoms with E-state index in [-0.39, 0.29) is 11.9 Å². The van der Waals surface area contributed by atoms with Crippen LogP contribution in [0.1, 0.15) is 70.9 Å². The van der Waals surface area contributed by atoms with E-state index in [1.54, 1.807) is 0 Å². The quantitative estimate of drug-likeness (QED) is 0.838. The molecule has 2 aliphatic heterocycles. The molecule has 2 bridgehead atoms. The minimum Gasteiger partial charge on any atom is -0.381 e. The lowest BCUT2D eigenvalue weighted by Gasteiger charge is -2.39. The summed E-state index contributed by atoms with van der Waals surface area (Å²) in [5.74, 6) is 1.57. The van der Waals surface area contributed by atoms with Gasteiger partial charge in [0, 0.05) is 37.7 Å². The normalized spacial score (nSPS) is 31.6. The molecule has 0 spiro atoms. The number of hydrogen-bond acceptors (Lipinski definition) is 5. The Bertz CT molecular complexity index is 737. The summed E-state index contributed by atoms with van der Waals surface area (Å²) < 4.78 is 7.64. The lowest BCUT2D eigenvalue weighted by atomic mass is 9.65. The van der Waals surface area contributed by atoms with Crippen LogP contribution < -0.4 is 10.2 Å². The minimum atomic E-state index is -0.138. The molecule has 3 atom stereocenters. The molecular formula is C21H35N5O2. The van der Waals surface area contributed by atoms with E-state index in [9.17, 15) is 4.79 Å². The zero-order valence-electron chi connectivity index (χ0n) is 18.0. The first kappa shape index (κ1) is 19.7. The molecule has 28 heavy (non-hydrogen) atoms. The van der Waals surface area contributed by atoms with Gasteiger partial charge < -0.3 is 15.0 Å². The van der Waals surface area contributed by atoms with Crippen molar-refractivity contribution in [1.82, 2.24) is 20.1 Å². The van der Waals surface area contributed by atoms with E-state index in [0.717, 1.165) is 45.1 Å². The summed E-state index contributed by atoms with van der Waals surface area (Å²) in [7, 11) is 0. The van der Waals surface area contributed by atoms with E-state index in [1.807, 2.05) is 13.8 Å². The first-order chi connectivity index (χ1) is 13.2. The highest BCUT2D eigenvalue weighted by atomic mass is 16.5. The third-order valence-electron chi connectivity index (χ3n) is 6.49. The van der Waals surface area contributed by atoms with E-state index in [0.29, 0.717) is 28.6 Å². The van der Waals surface area contributed by atoms with Gasteiger partial charge in [0.05, 0.1) is 6.61 Å². The fraction of sp³-hybridized carbons (Fsp3) is 0.857. The fourth-order valence-electron chi connectivity index (χ4n) is 5.85. The van der Waals surface area contributed by atoms with Crippen molar-refractivity contribution in [2.75, 3.05) is 24.7 Å². The number of aromatic nitrogens is 3. The van der Waals surface area contributed by atoms with Crippen molar-refractivity contribution in [3.8, 4) is 0 Å². The van der Waals surface area contributed by atoms with Crippen LogP contribution in [0.2, 0.25) is 0 Å². The van der Waals surface area contributed by atoms with Crippen LogP contribution in [0.4, 0.5) is 5.95 Å². The summed E-state index contributed by atoms with van der Waals surface area (Å²) in [5, 5.41) is 11.9. The summed E-state index contributed by atoms with van der Waals surface area (Å²) in [6.45, 7) is 14.4. The van der Waals surface area contributed by atoms with Crippen molar-refractivity contribution in [2.24, 2.45) is 16.7 Å². The van der Waals surface area contributed by atoms with Gasteiger partial charge in [0.1, 0.15) is 0 Å². The number of nitrogens with zero attached hydrogens (tertiary/aromatic N) is 4. The predicted molar refractivity (Wildman–Crippen MR) is 108 cm³/mol. The van der Waals surface area contributed by atoms with E-state index in [4.69, 9.17) is 4.74 Å². The van der Waals surface area contributed by atoms with Crippen LogP contribution in [-0.2, 0) is 11.3 Å². The Morgan fingerprint density at radius 2 is 2.07 bits per heavy atom. The van der Waals surface area contributed by atoms with Crippen molar-refractivity contribution >= 4 is 11.9 Å². The molecule has 1 amide bonds. The molecule has 1 aromatic rings. The van der Waals surface area contributed by atoms with Gasteiger partial charge in [0.15, 0.2) is 0 Å². The van der Waals surface area contributed by atoms with E-state index < -0.39 is 0 Å². The molecule has 3 fully saturated rings. The Balaban J connectivity index is 1.66. The number of nitrogens with one attached hydrogen (secondary N) is 1. The lowest BCUT2D eigenvalue weighted by molar-refractivity contribution is 0.0926. The Labute approximate surface area is 168 Å². The summed E-state index contributed by atoms with van der Waals surface area (Å²) in [5.41, 5.74) is 0.647. The van der Waals surface area contributed by atoms with Gasteiger partial charge in [0.25, 0.3) is 5.91 Å². The fourth-order valence-corrected chi connectivity index (χ4v) is 5.85. The zero-order valence-corrected chi connectivity index (χ0v) is 18.0. The number of ether oxygens (including phenoxy) is 1. The Morgan fingerprint density at radius 1 is 1.29 bits per heavy atom. The monoisotopic (exact) mass is 389 g/mol. The highest BCUT2D eigenvalue weighted by Crippen LogP contribution is 2.53. The molecule has 2 saturated heterocycles. The number of fused-ring (bicyclic) bond motifs is 2. The molecule has 1 aliphatic carbocycles. The summed E-state index contributed by atoms with van der Waals surface area (Å²) in [4.78, 5) is 15.2. The third kappa shape index (κ3) is 3.78. The van der Waals surface area contributed by atoms with Crippen LogP contribution >= 0.6 is 0 Å². The SMILES string of the molecule is CC(C)NC(=O)c1nnc(N2CC3(C)CC2CC(C)(C)C3)n1CC1CCOC1. The number of amides is 1. The predicted octanol–water partition coefficient (Wildman–Crippen LogP) is 2.86. The van der Waals surface area contributed by atoms with Crippen molar-refractivity contribution < 1.29 is 9.53 Å². The van der Waals surface area contributed by atoms with Crippen molar-refractivity contribution in [1.29, 1.82) is 0 Å². The smallest absolute Gasteiger partial charge is 0.289 e. The molecule has 3 heterocycles. The van der Waals surface area contributed by atoms with Crippen LogP contribution in [-0.4, -0.2) is 52.5 Å². The van der Waals surface area contributed by atoms with Crippen LogP contribution in [0, 0.1) is 16.7 Å². The Morgan fingerprint density at radius 3 is 2.75 bits per heavy atom. The maximum Gasteiger partial charge on any atom is 0.289 e. The van der Waals surface area contributed by atoms with Gasteiger partial charge in [-0.2, -0.15) is 0 Å². The van der Waals surface area contributed by atoms with Crippen LogP contribution in [0.3, 0.4) is 0 Å². The molecule has 4 rings (SSSR count). The van der Waals surface area contributed by atoms with Gasteiger partial charge in [-0.25, -0.2) is 0 Å². The number of carbonyl (C=O) groups excluding carboxylic acids is 1. The number of anilines is 1. The Kier molecular flexibility index (Phi) is 4.92. The van der Waals surface area contributed by atoms with E-state index in [1.165, 1.54) is 12.8 Å². The number of carbonyl (C=O) groups is 1. The maximum absolute atomic E-state index is 12.8. The van der Waals surface area contributed by atoms with E-state index >= 15 is 0 Å². The van der Waals surface area contributed by atoms with Crippen LogP contribution in [0.15, 0.2) is 0 Å². The second-order valence-electron chi connectivity index (χ2n) is 10.6. The summed E-state index contributed by atoms with van der Waals surface area (Å²) in [6.07, 6.45) is 4.62. The highest BCUT2D eigenvalue weighted by Gasteiger charge is 2.51. The van der Waals surface area contributed by atoms with Crippen molar-refractivity contribution in [3.63, 3.8) is 0 Å². The van der Waals surface area contributed by atoms with Crippen LogP contribution in [0.25, 0.3) is 0 Å². The second kappa shape index (κ2) is 7.01. The molecular weight excluding hydrogens is 354 g/mol. The van der Waals surface area contributed by atoms with Gasteiger partial charge in [-0.3, -0.25) is 9.36 Å². The van der Waals surface area contributed by atoms with Crippen molar-refractivity contribution in [2.45, 2.75) is 78.9 Å².